The van der Waals surface area contributed by atoms with E-state index in [0.717, 1.165) is 16.0 Å². The highest BCUT2D eigenvalue weighted by atomic mass is 32.1. The largest absolute Gasteiger partial charge is 0.192 e. The molecule has 0 amide bonds. The van der Waals surface area contributed by atoms with Crippen molar-refractivity contribution in [3.8, 4) is 42.8 Å². The van der Waals surface area contributed by atoms with Crippen LogP contribution in [0, 0.1) is 22.7 Å². The van der Waals surface area contributed by atoms with Crippen molar-refractivity contribution < 1.29 is 0 Å². The van der Waals surface area contributed by atoms with Crippen LogP contribution >= 0.6 is 45.3 Å². The summed E-state index contributed by atoms with van der Waals surface area (Å²) in [5.74, 6) is 0. The van der Waals surface area contributed by atoms with Crippen LogP contribution in [-0.2, 0) is 0 Å². The molecule has 4 heterocycles. The monoisotopic (exact) mass is 406 g/mol. The lowest BCUT2D eigenvalue weighted by Crippen LogP contribution is -1.80. The van der Waals surface area contributed by atoms with E-state index in [2.05, 4.69) is 40.4 Å². The van der Waals surface area contributed by atoms with Crippen molar-refractivity contribution in [3.05, 3.63) is 63.0 Å². The van der Waals surface area contributed by atoms with Gasteiger partial charge in [-0.15, -0.1) is 45.3 Å². The zero-order valence-electron chi connectivity index (χ0n) is 13.3. The van der Waals surface area contributed by atoms with Crippen LogP contribution in [0.4, 0.5) is 0 Å². The molecule has 2 nitrogen and oxygen atoms in total. The summed E-state index contributed by atoms with van der Waals surface area (Å²) in [6, 6.07) is 14.4. The molecule has 0 aromatic carbocycles. The molecule has 0 unspecified atom stereocenters. The molecule has 4 rings (SSSR count). The van der Waals surface area contributed by atoms with Gasteiger partial charge in [-0.05, 0) is 57.4 Å². The average Bonchev–Trinajstić information content (AvgIpc) is 3.45. The molecule has 0 fully saturated rings. The van der Waals surface area contributed by atoms with Crippen molar-refractivity contribution in [2.45, 2.75) is 0 Å². The predicted octanol–water partition coefficient (Wildman–Crippen LogP) is 7.36. The Hall–Kier alpha value is -2.48. The molecule has 0 bridgehead atoms. The molecule has 4 aromatic rings. The van der Waals surface area contributed by atoms with Gasteiger partial charge in [-0.25, -0.2) is 0 Å². The molecule has 0 spiro atoms. The first-order valence-corrected chi connectivity index (χ1v) is 11.1. The molecular weight excluding hydrogens is 397 g/mol. The Labute approximate surface area is 167 Å². The summed E-state index contributed by atoms with van der Waals surface area (Å²) in [6.45, 7) is 0. The lowest BCUT2D eigenvalue weighted by atomic mass is 10.0. The van der Waals surface area contributed by atoms with Crippen molar-refractivity contribution in [2.24, 2.45) is 0 Å². The van der Waals surface area contributed by atoms with Gasteiger partial charge >= 0.3 is 0 Å². The van der Waals surface area contributed by atoms with Crippen molar-refractivity contribution in [1.82, 2.24) is 0 Å². The van der Waals surface area contributed by atoms with Gasteiger partial charge in [-0.3, -0.25) is 0 Å². The zero-order valence-corrected chi connectivity index (χ0v) is 16.6. The molecule has 26 heavy (non-hydrogen) atoms. The van der Waals surface area contributed by atoms with Crippen molar-refractivity contribution in [3.63, 3.8) is 0 Å². The van der Waals surface area contributed by atoms with Gasteiger partial charge in [0.15, 0.2) is 0 Å². The molecule has 0 saturated carbocycles. The molecule has 0 aliphatic rings. The predicted molar refractivity (Wildman–Crippen MR) is 113 cm³/mol. The van der Waals surface area contributed by atoms with Crippen LogP contribution in [0.15, 0.2) is 57.4 Å². The molecule has 0 saturated heterocycles. The third kappa shape index (κ3) is 3.05. The SMILES string of the molecule is N#CC(C#N)=Cc1ccsc1-c1ccsc1-c1ccsc1-c1cccs1. The van der Waals surface area contributed by atoms with Crippen LogP contribution in [0.3, 0.4) is 0 Å². The fraction of sp³-hybridized carbons (Fsp3) is 0. The summed E-state index contributed by atoms with van der Waals surface area (Å²) in [6.07, 6.45) is 1.67. The van der Waals surface area contributed by atoms with Crippen molar-refractivity contribution in [2.75, 3.05) is 0 Å². The van der Waals surface area contributed by atoms with E-state index in [1.807, 2.05) is 23.6 Å². The standard InChI is InChI=1S/C20H10N2S4/c21-11-13(12-22)10-14-3-7-24-18(14)15-4-8-25-19(15)16-5-9-26-20(16)17-2-1-6-23-17/h1-10H. The van der Waals surface area contributed by atoms with Crippen LogP contribution in [0.1, 0.15) is 5.56 Å². The second-order valence-electron chi connectivity index (χ2n) is 5.29. The fourth-order valence-electron chi connectivity index (χ4n) is 2.68. The van der Waals surface area contributed by atoms with E-state index in [4.69, 9.17) is 10.5 Å². The topological polar surface area (TPSA) is 47.6 Å². The third-order valence-corrected chi connectivity index (χ3v) is 7.68. The minimum atomic E-state index is 0.122. The Morgan fingerprint density at radius 3 is 2.08 bits per heavy atom. The number of hydrogen-bond donors (Lipinski definition) is 0. The zero-order chi connectivity index (χ0) is 17.9. The second kappa shape index (κ2) is 7.41. The smallest absolute Gasteiger partial charge is 0.130 e. The molecule has 0 atom stereocenters. The highest BCUT2D eigenvalue weighted by Gasteiger charge is 2.18. The Morgan fingerprint density at radius 2 is 1.38 bits per heavy atom. The quantitative estimate of drug-likeness (QED) is 0.332. The van der Waals surface area contributed by atoms with Gasteiger partial charge in [0, 0.05) is 25.8 Å². The van der Waals surface area contributed by atoms with E-state index in [9.17, 15) is 0 Å². The van der Waals surface area contributed by atoms with Crippen LogP contribution in [0.5, 0.6) is 0 Å². The maximum absolute atomic E-state index is 9.06. The number of nitrogens with zero attached hydrogens (tertiary/aromatic N) is 2. The fourth-order valence-corrected chi connectivity index (χ4v) is 6.44. The summed E-state index contributed by atoms with van der Waals surface area (Å²) in [5, 5.41) is 26.5. The number of rotatable bonds is 4. The van der Waals surface area contributed by atoms with Gasteiger partial charge in [-0.2, -0.15) is 10.5 Å². The summed E-state index contributed by atoms with van der Waals surface area (Å²) in [5.41, 5.74) is 3.44. The highest BCUT2D eigenvalue weighted by Crippen LogP contribution is 2.47. The summed E-state index contributed by atoms with van der Waals surface area (Å²) in [7, 11) is 0. The Kier molecular flexibility index (Phi) is 4.83. The second-order valence-corrected chi connectivity index (χ2v) is 8.99. The molecule has 0 aliphatic heterocycles. The van der Waals surface area contributed by atoms with Gasteiger partial charge in [0.25, 0.3) is 0 Å². The molecule has 4 aromatic heterocycles. The normalized spacial score (nSPS) is 10.2. The van der Waals surface area contributed by atoms with E-state index < -0.39 is 0 Å². The maximum atomic E-state index is 9.06. The number of allylic oxidation sites excluding steroid dienone is 1. The molecule has 0 aliphatic carbocycles. The highest BCUT2D eigenvalue weighted by molar-refractivity contribution is 7.21. The third-order valence-electron chi connectivity index (χ3n) is 3.80. The molecule has 124 valence electrons. The van der Waals surface area contributed by atoms with Gasteiger partial charge in [-0.1, -0.05) is 6.07 Å². The summed E-state index contributed by atoms with van der Waals surface area (Å²) in [4.78, 5) is 4.87. The van der Waals surface area contributed by atoms with Gasteiger partial charge in [0.2, 0.25) is 0 Å². The van der Waals surface area contributed by atoms with E-state index in [0.29, 0.717) is 0 Å². The molecular formula is C20H10N2S4. The molecule has 0 N–H and O–H groups in total. The summed E-state index contributed by atoms with van der Waals surface area (Å²) >= 11 is 6.86. The Morgan fingerprint density at radius 1 is 0.731 bits per heavy atom. The van der Waals surface area contributed by atoms with Crippen molar-refractivity contribution in [1.29, 1.82) is 10.5 Å². The minimum Gasteiger partial charge on any atom is -0.192 e. The van der Waals surface area contributed by atoms with Crippen LogP contribution in [-0.4, -0.2) is 0 Å². The van der Waals surface area contributed by atoms with Crippen molar-refractivity contribution >= 4 is 51.4 Å². The van der Waals surface area contributed by atoms with Crippen LogP contribution in [0.2, 0.25) is 0 Å². The number of nitriles is 2. The number of hydrogen-bond acceptors (Lipinski definition) is 6. The van der Waals surface area contributed by atoms with Crippen LogP contribution < -0.4 is 0 Å². The van der Waals surface area contributed by atoms with E-state index in [1.165, 1.54) is 20.2 Å². The lowest BCUT2D eigenvalue weighted by Gasteiger charge is -2.05. The Balaban J connectivity index is 1.84. The molecule has 6 heteroatoms. The lowest BCUT2D eigenvalue weighted by molar-refractivity contribution is 1.47. The van der Waals surface area contributed by atoms with Gasteiger partial charge < -0.3 is 0 Å². The van der Waals surface area contributed by atoms with Gasteiger partial charge in [0.1, 0.15) is 17.7 Å². The number of thiophene rings is 4. The maximum Gasteiger partial charge on any atom is 0.130 e. The van der Waals surface area contributed by atoms with Gasteiger partial charge in [0.05, 0.1) is 4.88 Å². The molecule has 0 radical (unpaired) electrons. The Bertz CT molecular complexity index is 1140. The van der Waals surface area contributed by atoms with E-state index in [-0.39, 0.29) is 5.57 Å². The first-order chi connectivity index (χ1) is 12.8. The van der Waals surface area contributed by atoms with E-state index in [1.54, 1.807) is 51.4 Å². The summed E-state index contributed by atoms with van der Waals surface area (Å²) < 4.78 is 0. The minimum absolute atomic E-state index is 0.122. The first kappa shape index (κ1) is 17.0. The van der Waals surface area contributed by atoms with Crippen LogP contribution in [0.25, 0.3) is 36.7 Å². The average molecular weight is 407 g/mol. The van der Waals surface area contributed by atoms with E-state index >= 15 is 0 Å². The first-order valence-electron chi connectivity index (χ1n) is 7.61.